The quantitative estimate of drug-likeness (QED) is 0.356. The van der Waals surface area contributed by atoms with Gasteiger partial charge in [0.25, 0.3) is 0 Å². The first-order valence-corrected chi connectivity index (χ1v) is 10.6. The lowest BCUT2D eigenvalue weighted by Crippen LogP contribution is -2.25. The second-order valence-electron chi connectivity index (χ2n) is 7.19. The second-order valence-corrected chi connectivity index (χ2v) is 7.62. The van der Waals surface area contributed by atoms with Crippen molar-refractivity contribution in [1.82, 2.24) is 14.9 Å². The van der Waals surface area contributed by atoms with Gasteiger partial charge in [-0.3, -0.25) is 0 Å². The van der Waals surface area contributed by atoms with Gasteiger partial charge >= 0.3 is 0 Å². The van der Waals surface area contributed by atoms with Gasteiger partial charge in [0.2, 0.25) is 0 Å². The third kappa shape index (κ3) is 4.39. The Morgan fingerprint density at radius 2 is 1.72 bits per heavy atom. The van der Waals surface area contributed by atoms with Crippen LogP contribution in [0.5, 0.6) is 5.75 Å². The van der Waals surface area contributed by atoms with Crippen LogP contribution in [0.1, 0.15) is 20.3 Å². The molecule has 0 unspecified atom stereocenters. The molecule has 5 heteroatoms. The molecular weight excluding hydrogens is 382 g/mol. The Labute approximate surface area is 176 Å². The molecule has 0 radical (unpaired) electrons. The largest absolute Gasteiger partial charge is 0.494 e. The topological polar surface area (TPSA) is 41.1 Å². The first-order chi connectivity index (χ1) is 14.2. The first kappa shape index (κ1) is 19.7. The van der Waals surface area contributed by atoms with Crippen LogP contribution in [-0.2, 0) is 0 Å². The number of aromatic amines is 1. The maximum Gasteiger partial charge on any atom is 0.138 e. The number of hydrogen-bond acceptors (Lipinski definition) is 3. The van der Waals surface area contributed by atoms with Crippen LogP contribution in [0, 0.1) is 0 Å². The molecule has 4 aromatic rings. The van der Waals surface area contributed by atoms with E-state index in [-0.39, 0.29) is 0 Å². The molecule has 0 amide bonds. The van der Waals surface area contributed by atoms with Gasteiger partial charge < -0.3 is 14.6 Å². The van der Waals surface area contributed by atoms with Crippen molar-refractivity contribution in [3.63, 3.8) is 0 Å². The number of hydrogen-bond donors (Lipinski definition) is 1. The predicted octanol–water partition coefficient (Wildman–Crippen LogP) is 6.15. The minimum atomic E-state index is 0.645. The fourth-order valence-corrected chi connectivity index (χ4v) is 3.85. The standard InChI is InChI=1S/C24H26ClN3O/c1-3-28(4-2)12-5-13-29-20-9-6-17(7-10-20)18-8-11-23-21(14-18)22-15-19(25)16-26-24(22)27-23/h6-11,14-16H,3-5,12-13H2,1-2H3,(H,26,27). The number of nitrogens with zero attached hydrogens (tertiary/aromatic N) is 2. The van der Waals surface area contributed by atoms with E-state index in [1.54, 1.807) is 6.20 Å². The van der Waals surface area contributed by atoms with Crippen molar-refractivity contribution in [2.75, 3.05) is 26.2 Å². The third-order valence-electron chi connectivity index (χ3n) is 5.39. The molecule has 0 aliphatic rings. The van der Waals surface area contributed by atoms with Crippen LogP contribution in [-0.4, -0.2) is 41.1 Å². The normalized spacial score (nSPS) is 11.6. The number of aromatic nitrogens is 2. The monoisotopic (exact) mass is 407 g/mol. The number of fused-ring (bicyclic) bond motifs is 3. The number of rotatable bonds is 8. The predicted molar refractivity (Wildman–Crippen MR) is 122 cm³/mol. The molecular formula is C24H26ClN3O. The molecule has 0 bridgehead atoms. The maximum atomic E-state index is 6.14. The highest BCUT2D eigenvalue weighted by molar-refractivity contribution is 6.31. The molecule has 0 atom stereocenters. The summed E-state index contributed by atoms with van der Waals surface area (Å²) < 4.78 is 5.91. The van der Waals surface area contributed by atoms with Gasteiger partial charge in [0.05, 0.1) is 11.6 Å². The SMILES string of the molecule is CCN(CC)CCCOc1ccc(-c2ccc3[nH]c4ncc(Cl)cc4c3c2)cc1. The van der Waals surface area contributed by atoms with Crippen molar-refractivity contribution in [2.24, 2.45) is 0 Å². The zero-order valence-corrected chi connectivity index (χ0v) is 17.7. The van der Waals surface area contributed by atoms with Crippen LogP contribution < -0.4 is 4.74 Å². The average molecular weight is 408 g/mol. The summed E-state index contributed by atoms with van der Waals surface area (Å²) in [6, 6.07) is 16.7. The molecule has 0 saturated carbocycles. The molecule has 29 heavy (non-hydrogen) atoms. The summed E-state index contributed by atoms with van der Waals surface area (Å²) in [6.45, 7) is 8.39. The summed E-state index contributed by atoms with van der Waals surface area (Å²) >= 11 is 6.14. The number of benzene rings is 2. The van der Waals surface area contributed by atoms with Crippen molar-refractivity contribution in [1.29, 1.82) is 0 Å². The van der Waals surface area contributed by atoms with E-state index in [2.05, 4.69) is 59.0 Å². The van der Waals surface area contributed by atoms with Gasteiger partial charge in [0.15, 0.2) is 0 Å². The Bertz CT molecular complexity index is 1100. The van der Waals surface area contributed by atoms with Crippen molar-refractivity contribution in [2.45, 2.75) is 20.3 Å². The molecule has 1 N–H and O–H groups in total. The van der Waals surface area contributed by atoms with E-state index in [0.29, 0.717) is 5.02 Å². The smallest absolute Gasteiger partial charge is 0.138 e. The van der Waals surface area contributed by atoms with Crippen molar-refractivity contribution in [3.05, 3.63) is 59.8 Å². The number of pyridine rings is 1. The number of nitrogens with one attached hydrogen (secondary N) is 1. The van der Waals surface area contributed by atoms with E-state index in [4.69, 9.17) is 16.3 Å². The highest BCUT2D eigenvalue weighted by atomic mass is 35.5. The molecule has 0 aliphatic carbocycles. The highest BCUT2D eigenvalue weighted by Crippen LogP contribution is 2.31. The molecule has 2 heterocycles. The van der Waals surface area contributed by atoms with E-state index in [9.17, 15) is 0 Å². The van der Waals surface area contributed by atoms with Crippen molar-refractivity contribution < 1.29 is 4.74 Å². The van der Waals surface area contributed by atoms with Crippen molar-refractivity contribution >= 4 is 33.5 Å². The fraction of sp³-hybridized carbons (Fsp3) is 0.292. The van der Waals surface area contributed by atoms with E-state index >= 15 is 0 Å². The lowest BCUT2D eigenvalue weighted by Gasteiger charge is -2.17. The summed E-state index contributed by atoms with van der Waals surface area (Å²) in [7, 11) is 0. The van der Waals surface area contributed by atoms with E-state index in [1.165, 1.54) is 0 Å². The average Bonchev–Trinajstić information content (AvgIpc) is 3.11. The van der Waals surface area contributed by atoms with E-state index in [0.717, 1.165) is 71.5 Å². The third-order valence-corrected chi connectivity index (χ3v) is 5.59. The number of ether oxygens (including phenoxy) is 1. The van der Waals surface area contributed by atoms with Gasteiger partial charge in [-0.15, -0.1) is 0 Å². The summed E-state index contributed by atoms with van der Waals surface area (Å²) in [6.07, 6.45) is 2.71. The maximum absolute atomic E-state index is 6.14. The van der Waals surface area contributed by atoms with Gasteiger partial charge in [-0.25, -0.2) is 4.98 Å². The molecule has 4 rings (SSSR count). The Morgan fingerprint density at radius 3 is 2.48 bits per heavy atom. The number of H-pyrrole nitrogens is 1. The zero-order chi connectivity index (χ0) is 20.2. The number of halogens is 1. The van der Waals surface area contributed by atoms with Crippen LogP contribution in [0.15, 0.2) is 54.7 Å². The van der Waals surface area contributed by atoms with Crippen LogP contribution in [0.2, 0.25) is 5.02 Å². The zero-order valence-electron chi connectivity index (χ0n) is 16.9. The summed E-state index contributed by atoms with van der Waals surface area (Å²) in [5, 5.41) is 2.82. The lowest BCUT2D eigenvalue weighted by molar-refractivity contribution is 0.249. The fourth-order valence-electron chi connectivity index (χ4n) is 3.69. The minimum Gasteiger partial charge on any atom is -0.494 e. The van der Waals surface area contributed by atoms with Gasteiger partial charge in [-0.2, -0.15) is 0 Å². The lowest BCUT2D eigenvalue weighted by atomic mass is 10.0. The van der Waals surface area contributed by atoms with E-state index < -0.39 is 0 Å². The van der Waals surface area contributed by atoms with Crippen LogP contribution in [0.4, 0.5) is 0 Å². The molecule has 2 aromatic carbocycles. The van der Waals surface area contributed by atoms with Gasteiger partial charge in [0.1, 0.15) is 11.4 Å². The van der Waals surface area contributed by atoms with Gasteiger partial charge in [0, 0.05) is 29.0 Å². The molecule has 2 aromatic heterocycles. The molecule has 0 fully saturated rings. The van der Waals surface area contributed by atoms with E-state index in [1.807, 2.05) is 18.2 Å². The highest BCUT2D eigenvalue weighted by Gasteiger charge is 2.08. The molecule has 0 saturated heterocycles. The Hall–Kier alpha value is -2.56. The molecule has 0 spiro atoms. The molecule has 150 valence electrons. The molecule has 4 nitrogen and oxygen atoms in total. The summed E-state index contributed by atoms with van der Waals surface area (Å²) in [4.78, 5) is 10.1. The first-order valence-electron chi connectivity index (χ1n) is 10.2. The summed E-state index contributed by atoms with van der Waals surface area (Å²) in [5.41, 5.74) is 4.24. The van der Waals surface area contributed by atoms with Crippen LogP contribution in [0.25, 0.3) is 33.1 Å². The Kier molecular flexibility index (Phi) is 6.02. The second kappa shape index (κ2) is 8.85. The van der Waals surface area contributed by atoms with Gasteiger partial charge in [-0.05, 0) is 61.0 Å². The Balaban J connectivity index is 1.48. The summed E-state index contributed by atoms with van der Waals surface area (Å²) in [5.74, 6) is 0.914. The minimum absolute atomic E-state index is 0.645. The Morgan fingerprint density at radius 1 is 0.966 bits per heavy atom. The van der Waals surface area contributed by atoms with Crippen molar-refractivity contribution in [3.8, 4) is 16.9 Å². The van der Waals surface area contributed by atoms with Crippen LogP contribution >= 0.6 is 11.6 Å². The van der Waals surface area contributed by atoms with Crippen LogP contribution in [0.3, 0.4) is 0 Å². The van der Waals surface area contributed by atoms with Gasteiger partial charge in [-0.1, -0.05) is 43.6 Å². The molecule has 0 aliphatic heterocycles.